The number of hydrogen-bond acceptors (Lipinski definition) is 7. The van der Waals surface area contributed by atoms with Crippen molar-refractivity contribution >= 4 is 18.1 Å². The first-order chi connectivity index (χ1) is 18.5. The van der Waals surface area contributed by atoms with E-state index in [0.717, 1.165) is 18.4 Å². The van der Waals surface area contributed by atoms with Gasteiger partial charge in [-0.05, 0) is 86.8 Å². The Bertz CT molecular complexity index is 1250. The monoisotopic (exact) mass is 540 g/mol. The minimum Gasteiger partial charge on any atom is -0.458 e. The summed E-state index contributed by atoms with van der Waals surface area (Å²) in [5, 5.41) is 39.3. The van der Waals surface area contributed by atoms with E-state index < -0.39 is 39.9 Å². The molecule has 5 unspecified atom stereocenters. The highest BCUT2D eigenvalue weighted by Gasteiger charge is 2.71. The van der Waals surface area contributed by atoms with Crippen LogP contribution in [0.25, 0.3) is 0 Å². The molecule has 5 aliphatic rings. The lowest BCUT2D eigenvalue weighted by atomic mass is 9.41. The van der Waals surface area contributed by atoms with Crippen molar-refractivity contribution in [1.29, 1.82) is 0 Å². The maximum absolute atomic E-state index is 14.1. The molecule has 4 aliphatic carbocycles. The molecule has 39 heavy (non-hydrogen) atoms. The summed E-state index contributed by atoms with van der Waals surface area (Å²) in [6.45, 7) is 2.41. The molecule has 9 heteroatoms. The fraction of sp³-hybridized carbons (Fsp3) is 0.633. The summed E-state index contributed by atoms with van der Waals surface area (Å²) >= 11 is 0. The third-order valence-corrected chi connectivity index (χ3v) is 11.2. The topological polar surface area (TPSA) is 128 Å². The lowest BCUT2D eigenvalue weighted by molar-refractivity contribution is -0.237. The number of hydrogen-bond donors (Lipinski definition) is 4. The van der Waals surface area contributed by atoms with Crippen LogP contribution in [0, 0.1) is 34.4 Å². The summed E-state index contributed by atoms with van der Waals surface area (Å²) in [5.41, 5.74) is -0.250. The average Bonchev–Trinajstić information content (AvgIpc) is 3.44. The Kier molecular flexibility index (Phi) is 6.28. The maximum Gasteiger partial charge on any atom is 0.331 e. The Morgan fingerprint density at radius 1 is 1.10 bits per heavy atom. The van der Waals surface area contributed by atoms with Crippen LogP contribution in [-0.2, 0) is 9.53 Å². The van der Waals surface area contributed by atoms with Crippen LogP contribution in [0.15, 0.2) is 41.0 Å². The van der Waals surface area contributed by atoms with Gasteiger partial charge >= 0.3 is 5.97 Å². The number of ether oxygens (including phenoxy) is 1. The first kappa shape index (κ1) is 26.6. The summed E-state index contributed by atoms with van der Waals surface area (Å²) < 4.78 is 19.4. The maximum atomic E-state index is 14.1. The lowest BCUT2D eigenvalue weighted by Gasteiger charge is -2.65. The van der Waals surface area contributed by atoms with Crippen molar-refractivity contribution in [2.24, 2.45) is 33.7 Å². The first-order valence-corrected chi connectivity index (χ1v) is 14.1. The van der Waals surface area contributed by atoms with Crippen molar-refractivity contribution in [3.63, 3.8) is 0 Å². The van der Waals surface area contributed by atoms with E-state index in [0.29, 0.717) is 38.5 Å². The number of esters is 1. The van der Waals surface area contributed by atoms with Crippen LogP contribution in [0.2, 0.25) is 0 Å². The van der Waals surface area contributed by atoms with Gasteiger partial charge in [0, 0.05) is 29.5 Å². The molecule has 0 radical (unpaired) electrons. The SMILES string of the molecule is CC12CC[C@H]3[C@@H](CCC4(O)C[C@H](O)CCC34C=NNC(=O)c3ccccc3F)C1(O)CCC2C1=CC(=O)OC1. The van der Waals surface area contributed by atoms with Gasteiger partial charge in [-0.25, -0.2) is 14.6 Å². The number of nitrogens with one attached hydrogen (secondary N) is 1. The van der Waals surface area contributed by atoms with Crippen LogP contribution in [-0.4, -0.2) is 57.3 Å². The number of fused-ring (bicyclic) bond motifs is 5. The Labute approximate surface area is 227 Å². The van der Waals surface area contributed by atoms with Crippen LogP contribution >= 0.6 is 0 Å². The second kappa shape index (κ2) is 9.21. The van der Waals surface area contributed by atoms with Crippen molar-refractivity contribution in [2.45, 2.75) is 82.0 Å². The third-order valence-electron chi connectivity index (χ3n) is 11.2. The number of halogens is 1. The van der Waals surface area contributed by atoms with E-state index in [-0.39, 0.29) is 42.3 Å². The van der Waals surface area contributed by atoms with E-state index in [2.05, 4.69) is 17.5 Å². The minimum atomic E-state index is -1.24. The average molecular weight is 541 g/mol. The van der Waals surface area contributed by atoms with Crippen LogP contribution < -0.4 is 5.43 Å². The van der Waals surface area contributed by atoms with Gasteiger partial charge in [0.25, 0.3) is 5.91 Å². The molecule has 8 nitrogen and oxygen atoms in total. The third kappa shape index (κ3) is 3.84. The molecule has 4 fully saturated rings. The second-order valence-corrected chi connectivity index (χ2v) is 12.7. The summed E-state index contributed by atoms with van der Waals surface area (Å²) in [6.07, 6.45) is 7.52. The van der Waals surface area contributed by atoms with E-state index in [1.165, 1.54) is 18.2 Å². The Hall–Kier alpha value is -2.62. The molecule has 1 aromatic rings. The Morgan fingerprint density at radius 2 is 1.87 bits per heavy atom. The van der Waals surface area contributed by atoms with Gasteiger partial charge in [-0.15, -0.1) is 0 Å². The molecule has 1 heterocycles. The molecule has 4 N–H and O–H groups in total. The normalized spacial score (nSPS) is 43.3. The molecule has 1 aromatic carbocycles. The Balaban J connectivity index is 1.33. The van der Waals surface area contributed by atoms with Crippen LogP contribution in [0.5, 0.6) is 0 Å². The van der Waals surface area contributed by atoms with E-state index in [1.807, 2.05) is 0 Å². The lowest BCUT2D eigenvalue weighted by Crippen LogP contribution is -2.68. The van der Waals surface area contributed by atoms with Crippen molar-refractivity contribution in [1.82, 2.24) is 5.43 Å². The molecule has 8 atom stereocenters. The number of amides is 1. The predicted molar refractivity (Wildman–Crippen MR) is 140 cm³/mol. The highest BCUT2D eigenvalue weighted by atomic mass is 19.1. The van der Waals surface area contributed by atoms with E-state index in [1.54, 1.807) is 18.4 Å². The molecule has 6 rings (SSSR count). The highest BCUT2D eigenvalue weighted by molar-refractivity contribution is 5.94. The van der Waals surface area contributed by atoms with Gasteiger partial charge in [-0.2, -0.15) is 5.10 Å². The number of cyclic esters (lactones) is 1. The molecule has 1 amide bonds. The first-order valence-electron chi connectivity index (χ1n) is 14.1. The fourth-order valence-corrected chi connectivity index (χ4v) is 9.27. The quantitative estimate of drug-likeness (QED) is 0.264. The number of carbonyl (C=O) groups excluding carboxylic acids is 2. The Morgan fingerprint density at radius 3 is 2.62 bits per heavy atom. The van der Waals surface area contributed by atoms with Crippen LogP contribution in [0.1, 0.15) is 75.1 Å². The molecule has 0 saturated heterocycles. The van der Waals surface area contributed by atoms with Gasteiger partial charge in [0.2, 0.25) is 0 Å². The van der Waals surface area contributed by atoms with Gasteiger partial charge in [-0.3, -0.25) is 4.79 Å². The minimum absolute atomic E-state index is 0.0496. The summed E-state index contributed by atoms with van der Waals surface area (Å²) in [7, 11) is 0. The summed E-state index contributed by atoms with van der Waals surface area (Å²) in [5.74, 6) is -1.84. The fourth-order valence-electron chi connectivity index (χ4n) is 9.27. The van der Waals surface area contributed by atoms with Gasteiger partial charge in [0.1, 0.15) is 12.4 Å². The smallest absolute Gasteiger partial charge is 0.331 e. The molecular formula is C30H37FN2O6. The van der Waals surface area contributed by atoms with Crippen molar-refractivity contribution in [3.8, 4) is 0 Å². The predicted octanol–water partition coefficient (Wildman–Crippen LogP) is 3.25. The number of aliphatic hydroxyl groups excluding tert-OH is 1. The zero-order valence-corrected chi connectivity index (χ0v) is 22.2. The van der Waals surface area contributed by atoms with Gasteiger partial charge in [0.15, 0.2) is 0 Å². The van der Waals surface area contributed by atoms with E-state index in [4.69, 9.17) is 4.74 Å². The number of rotatable bonds is 4. The van der Waals surface area contributed by atoms with Crippen molar-refractivity contribution < 1.29 is 34.0 Å². The van der Waals surface area contributed by atoms with Crippen molar-refractivity contribution in [2.75, 3.05) is 6.61 Å². The molecular weight excluding hydrogens is 503 g/mol. The molecule has 0 aromatic heterocycles. The standard InChI is InChI=1S/C30H37FN2O6/c1-27-10-7-22-23(30(27,38)13-9-21(27)18-14-25(35)39-16-18)8-12-29(37)15-19(34)6-11-28(22,29)17-32-33-26(36)20-4-2-3-5-24(20)31/h2-5,14,17,19,21-23,34,37-38H,6-13,15-16H2,1H3,(H,33,36)/t19-,21?,22+,23-,27?,28?,29?,30?/m1/s1. The van der Waals surface area contributed by atoms with Gasteiger partial charge in [0.05, 0.1) is 22.9 Å². The number of nitrogens with zero attached hydrogens (tertiary/aromatic N) is 1. The number of hydrazone groups is 1. The molecule has 0 spiro atoms. The van der Waals surface area contributed by atoms with Crippen LogP contribution in [0.4, 0.5) is 4.39 Å². The molecule has 1 aliphatic heterocycles. The zero-order valence-electron chi connectivity index (χ0n) is 22.2. The largest absolute Gasteiger partial charge is 0.458 e. The molecule has 0 bridgehead atoms. The van der Waals surface area contributed by atoms with Gasteiger partial charge < -0.3 is 20.1 Å². The zero-order chi connectivity index (χ0) is 27.6. The summed E-state index contributed by atoms with van der Waals surface area (Å²) in [6, 6.07) is 5.68. The van der Waals surface area contributed by atoms with Crippen LogP contribution in [0.3, 0.4) is 0 Å². The second-order valence-electron chi connectivity index (χ2n) is 12.7. The van der Waals surface area contributed by atoms with Crippen molar-refractivity contribution in [3.05, 3.63) is 47.3 Å². The molecule has 210 valence electrons. The van der Waals surface area contributed by atoms with Gasteiger partial charge in [-0.1, -0.05) is 19.1 Å². The molecule has 4 saturated carbocycles. The summed E-state index contributed by atoms with van der Waals surface area (Å²) in [4.78, 5) is 24.5. The van der Waals surface area contributed by atoms with E-state index in [9.17, 15) is 29.3 Å². The number of benzene rings is 1. The highest BCUT2D eigenvalue weighted by Crippen LogP contribution is 2.70. The number of aliphatic hydroxyl groups is 3. The van der Waals surface area contributed by atoms with E-state index >= 15 is 0 Å². The number of carbonyl (C=O) groups is 2.